The highest BCUT2D eigenvalue weighted by Crippen LogP contribution is 2.24. The Labute approximate surface area is 92.8 Å². The van der Waals surface area contributed by atoms with Crippen molar-refractivity contribution in [3.63, 3.8) is 0 Å². The zero-order valence-corrected chi connectivity index (χ0v) is 9.80. The minimum Gasteiger partial charge on any atom is -0.497 e. The van der Waals surface area contributed by atoms with Crippen LogP contribution in [0, 0.1) is 0 Å². The lowest BCUT2D eigenvalue weighted by atomic mass is 10.3. The van der Waals surface area contributed by atoms with Crippen LogP contribution < -0.4 is 15.8 Å². The Morgan fingerprint density at radius 1 is 1.43 bits per heavy atom. The molecule has 0 saturated carbocycles. The highest BCUT2D eigenvalue weighted by molar-refractivity contribution is 9.10. The number of nitrogens with one attached hydrogen (secondary N) is 1. The van der Waals surface area contributed by atoms with Crippen LogP contribution in [-0.2, 0) is 0 Å². The SMILES string of the molecule is COc1cc(Br)cc(NCCCN)c1. The molecule has 3 nitrogen and oxygen atoms in total. The molecule has 0 spiro atoms. The van der Waals surface area contributed by atoms with E-state index in [2.05, 4.69) is 21.2 Å². The quantitative estimate of drug-likeness (QED) is 0.797. The van der Waals surface area contributed by atoms with Gasteiger partial charge in [-0.3, -0.25) is 0 Å². The molecule has 0 aliphatic heterocycles. The third kappa shape index (κ3) is 3.55. The molecule has 0 fully saturated rings. The second-order valence-electron chi connectivity index (χ2n) is 2.95. The molecular formula is C10H15BrN2O. The van der Waals surface area contributed by atoms with Gasteiger partial charge < -0.3 is 15.8 Å². The molecular weight excluding hydrogens is 244 g/mol. The number of hydrogen-bond acceptors (Lipinski definition) is 3. The molecule has 0 saturated heterocycles. The summed E-state index contributed by atoms with van der Waals surface area (Å²) < 4.78 is 6.15. The van der Waals surface area contributed by atoms with E-state index in [1.54, 1.807) is 7.11 Å². The molecule has 0 radical (unpaired) electrons. The van der Waals surface area contributed by atoms with Crippen molar-refractivity contribution in [3.05, 3.63) is 22.7 Å². The highest BCUT2D eigenvalue weighted by atomic mass is 79.9. The van der Waals surface area contributed by atoms with Crippen LogP contribution in [0.2, 0.25) is 0 Å². The lowest BCUT2D eigenvalue weighted by Gasteiger charge is -2.08. The normalized spacial score (nSPS) is 9.93. The molecule has 0 heterocycles. The minimum atomic E-state index is 0.706. The summed E-state index contributed by atoms with van der Waals surface area (Å²) in [5, 5.41) is 3.27. The summed E-state index contributed by atoms with van der Waals surface area (Å²) in [6, 6.07) is 5.90. The van der Waals surface area contributed by atoms with Crippen LogP contribution in [0.3, 0.4) is 0 Å². The zero-order valence-electron chi connectivity index (χ0n) is 8.22. The van der Waals surface area contributed by atoms with Crippen molar-refractivity contribution >= 4 is 21.6 Å². The predicted molar refractivity (Wildman–Crippen MR) is 62.9 cm³/mol. The molecule has 0 amide bonds. The molecule has 1 aromatic carbocycles. The average Bonchev–Trinajstić information content (AvgIpc) is 2.17. The molecule has 0 atom stereocenters. The van der Waals surface area contributed by atoms with Gasteiger partial charge in [0.2, 0.25) is 0 Å². The van der Waals surface area contributed by atoms with Crippen molar-refractivity contribution in [1.29, 1.82) is 0 Å². The van der Waals surface area contributed by atoms with Crippen LogP contribution in [0.5, 0.6) is 5.75 Å². The molecule has 0 aromatic heterocycles. The second-order valence-corrected chi connectivity index (χ2v) is 3.86. The van der Waals surface area contributed by atoms with Gasteiger partial charge in [-0.15, -0.1) is 0 Å². The van der Waals surface area contributed by atoms with Gasteiger partial charge in [0.05, 0.1) is 7.11 Å². The fourth-order valence-corrected chi connectivity index (χ4v) is 1.59. The first-order chi connectivity index (χ1) is 6.76. The molecule has 0 bridgehead atoms. The molecule has 0 aliphatic rings. The van der Waals surface area contributed by atoms with Crippen molar-refractivity contribution in [2.45, 2.75) is 6.42 Å². The molecule has 0 unspecified atom stereocenters. The Morgan fingerprint density at radius 2 is 2.21 bits per heavy atom. The lowest BCUT2D eigenvalue weighted by Crippen LogP contribution is -2.08. The van der Waals surface area contributed by atoms with Crippen LogP contribution in [0.25, 0.3) is 0 Å². The lowest BCUT2D eigenvalue weighted by molar-refractivity contribution is 0.414. The van der Waals surface area contributed by atoms with Crippen molar-refractivity contribution in [2.75, 3.05) is 25.5 Å². The van der Waals surface area contributed by atoms with E-state index in [1.807, 2.05) is 18.2 Å². The van der Waals surface area contributed by atoms with E-state index < -0.39 is 0 Å². The zero-order chi connectivity index (χ0) is 10.4. The van der Waals surface area contributed by atoms with Crippen LogP contribution in [-0.4, -0.2) is 20.2 Å². The fraction of sp³-hybridized carbons (Fsp3) is 0.400. The van der Waals surface area contributed by atoms with Crippen LogP contribution >= 0.6 is 15.9 Å². The molecule has 14 heavy (non-hydrogen) atoms. The van der Waals surface area contributed by atoms with E-state index >= 15 is 0 Å². The maximum Gasteiger partial charge on any atom is 0.122 e. The van der Waals surface area contributed by atoms with Gasteiger partial charge in [-0.25, -0.2) is 0 Å². The monoisotopic (exact) mass is 258 g/mol. The number of halogens is 1. The summed E-state index contributed by atoms with van der Waals surface area (Å²) >= 11 is 3.42. The van der Waals surface area contributed by atoms with Crippen molar-refractivity contribution in [3.8, 4) is 5.75 Å². The maximum absolute atomic E-state index is 5.40. The molecule has 1 rings (SSSR count). The first kappa shape index (κ1) is 11.3. The molecule has 1 aromatic rings. The fourth-order valence-electron chi connectivity index (χ4n) is 1.12. The summed E-state index contributed by atoms with van der Waals surface area (Å²) in [5.74, 6) is 0.842. The number of nitrogens with two attached hydrogens (primary N) is 1. The van der Waals surface area contributed by atoms with Gasteiger partial charge in [0.15, 0.2) is 0 Å². The summed E-state index contributed by atoms with van der Waals surface area (Å²) in [6.07, 6.45) is 0.967. The van der Waals surface area contributed by atoms with Gasteiger partial charge >= 0.3 is 0 Å². The Bertz CT molecular complexity index is 291. The van der Waals surface area contributed by atoms with E-state index in [1.165, 1.54) is 0 Å². The van der Waals surface area contributed by atoms with E-state index in [4.69, 9.17) is 10.5 Å². The largest absolute Gasteiger partial charge is 0.497 e. The number of anilines is 1. The van der Waals surface area contributed by atoms with E-state index in [0.29, 0.717) is 6.54 Å². The Kier molecular flexibility index (Phi) is 4.76. The highest BCUT2D eigenvalue weighted by Gasteiger charge is 1.98. The Hall–Kier alpha value is -0.740. The van der Waals surface area contributed by atoms with Crippen LogP contribution in [0.4, 0.5) is 5.69 Å². The maximum atomic E-state index is 5.40. The van der Waals surface area contributed by atoms with Crippen LogP contribution in [0.15, 0.2) is 22.7 Å². The minimum absolute atomic E-state index is 0.706. The van der Waals surface area contributed by atoms with Crippen molar-refractivity contribution in [2.24, 2.45) is 5.73 Å². The third-order valence-electron chi connectivity index (χ3n) is 1.82. The first-order valence-corrected chi connectivity index (χ1v) is 5.34. The Balaban J connectivity index is 2.62. The molecule has 3 N–H and O–H groups in total. The molecule has 4 heteroatoms. The first-order valence-electron chi connectivity index (χ1n) is 4.55. The summed E-state index contributed by atoms with van der Waals surface area (Å²) in [6.45, 7) is 1.59. The van der Waals surface area contributed by atoms with Gasteiger partial charge in [0.1, 0.15) is 5.75 Å². The number of benzene rings is 1. The van der Waals surface area contributed by atoms with Crippen LogP contribution in [0.1, 0.15) is 6.42 Å². The van der Waals surface area contributed by atoms with E-state index in [0.717, 1.165) is 28.9 Å². The topological polar surface area (TPSA) is 47.3 Å². The van der Waals surface area contributed by atoms with Gasteiger partial charge in [0, 0.05) is 22.8 Å². The molecule has 78 valence electrons. The standard InChI is InChI=1S/C10H15BrN2O/c1-14-10-6-8(11)5-9(7-10)13-4-2-3-12/h5-7,13H,2-4,12H2,1H3. The number of ether oxygens (including phenoxy) is 1. The second kappa shape index (κ2) is 5.88. The predicted octanol–water partition coefficient (Wildman–Crippen LogP) is 2.22. The van der Waals surface area contributed by atoms with E-state index in [-0.39, 0.29) is 0 Å². The van der Waals surface area contributed by atoms with E-state index in [9.17, 15) is 0 Å². The smallest absolute Gasteiger partial charge is 0.122 e. The molecule has 0 aliphatic carbocycles. The summed E-state index contributed by atoms with van der Waals surface area (Å²) in [7, 11) is 1.66. The summed E-state index contributed by atoms with van der Waals surface area (Å²) in [4.78, 5) is 0. The number of rotatable bonds is 5. The Morgan fingerprint density at radius 3 is 2.86 bits per heavy atom. The van der Waals surface area contributed by atoms with Gasteiger partial charge in [-0.1, -0.05) is 15.9 Å². The summed E-state index contributed by atoms with van der Waals surface area (Å²) in [5.41, 5.74) is 6.45. The third-order valence-corrected chi connectivity index (χ3v) is 2.27. The average molecular weight is 259 g/mol. The van der Waals surface area contributed by atoms with Gasteiger partial charge in [-0.2, -0.15) is 0 Å². The number of methoxy groups -OCH3 is 1. The number of hydrogen-bond donors (Lipinski definition) is 2. The van der Waals surface area contributed by atoms with Crippen molar-refractivity contribution in [1.82, 2.24) is 0 Å². The van der Waals surface area contributed by atoms with Gasteiger partial charge in [0.25, 0.3) is 0 Å². The van der Waals surface area contributed by atoms with Crippen molar-refractivity contribution < 1.29 is 4.74 Å². The van der Waals surface area contributed by atoms with Gasteiger partial charge in [-0.05, 0) is 25.1 Å².